The van der Waals surface area contributed by atoms with Crippen molar-refractivity contribution in [2.24, 2.45) is 11.8 Å². The maximum absolute atomic E-state index is 10.6. The lowest BCUT2D eigenvalue weighted by Gasteiger charge is -2.21. The first-order valence-corrected chi connectivity index (χ1v) is 4.41. The van der Waals surface area contributed by atoms with Crippen molar-refractivity contribution in [2.45, 2.75) is 25.7 Å². The summed E-state index contributed by atoms with van der Waals surface area (Å²) in [6.45, 7) is 0. The summed E-state index contributed by atoms with van der Waals surface area (Å²) in [5.41, 5.74) is 0. The van der Waals surface area contributed by atoms with Crippen LogP contribution < -0.4 is 0 Å². The van der Waals surface area contributed by atoms with Crippen molar-refractivity contribution in [3.63, 3.8) is 0 Å². The lowest BCUT2D eigenvalue weighted by Crippen LogP contribution is -2.20. The first-order chi connectivity index (χ1) is 6.24. The van der Waals surface area contributed by atoms with Gasteiger partial charge in [-0.05, 0) is 31.6 Å². The van der Waals surface area contributed by atoms with Crippen LogP contribution in [0.25, 0.3) is 0 Å². The molecule has 0 spiro atoms. The summed E-state index contributed by atoms with van der Waals surface area (Å²) in [7, 11) is 0. The Morgan fingerprint density at radius 3 is 2.38 bits per heavy atom. The van der Waals surface area contributed by atoms with E-state index in [2.05, 4.69) is 11.8 Å². The molecule has 1 aliphatic rings. The summed E-state index contributed by atoms with van der Waals surface area (Å²) in [6, 6.07) is 0. The molecule has 13 heavy (non-hydrogen) atoms. The number of hydrogen-bond acceptors (Lipinski definition) is 2. The van der Waals surface area contributed by atoms with E-state index in [1.165, 1.54) is 0 Å². The summed E-state index contributed by atoms with van der Waals surface area (Å²) in [4.78, 5) is 20.5. The van der Waals surface area contributed by atoms with Crippen LogP contribution in [0, 0.1) is 23.7 Å². The van der Waals surface area contributed by atoms with Gasteiger partial charge in [-0.3, -0.25) is 9.59 Å². The average Bonchev–Trinajstić information content (AvgIpc) is 2.15. The largest absolute Gasteiger partial charge is 0.481 e. The number of hydrogen-bond donors (Lipinski definition) is 1. The molecule has 0 atom stereocenters. The van der Waals surface area contributed by atoms with Gasteiger partial charge in [-0.1, -0.05) is 5.92 Å². The van der Waals surface area contributed by atoms with Crippen molar-refractivity contribution in [2.75, 3.05) is 0 Å². The number of aliphatic carboxylic acids is 1. The molecule has 0 aromatic rings. The van der Waals surface area contributed by atoms with Gasteiger partial charge in [0.1, 0.15) is 0 Å². The van der Waals surface area contributed by atoms with Crippen molar-refractivity contribution in [1.82, 2.24) is 0 Å². The van der Waals surface area contributed by atoms with Gasteiger partial charge in [0.25, 0.3) is 0 Å². The Bertz CT molecular complexity index is 251. The molecule has 0 radical (unpaired) electrons. The molecule has 0 heterocycles. The first-order valence-electron chi connectivity index (χ1n) is 4.41. The van der Waals surface area contributed by atoms with Crippen LogP contribution in [0.1, 0.15) is 25.7 Å². The van der Waals surface area contributed by atoms with Crippen molar-refractivity contribution in [3.05, 3.63) is 0 Å². The van der Waals surface area contributed by atoms with Crippen LogP contribution in [-0.4, -0.2) is 17.4 Å². The second kappa shape index (κ2) is 4.66. The highest BCUT2D eigenvalue weighted by molar-refractivity contribution is 5.72. The van der Waals surface area contributed by atoms with E-state index in [9.17, 15) is 9.59 Å². The number of rotatable bonds is 1. The number of aldehydes is 1. The second-order valence-electron chi connectivity index (χ2n) is 3.29. The molecule has 70 valence electrons. The second-order valence-corrected chi connectivity index (χ2v) is 3.29. The fraction of sp³-hybridized carbons (Fsp3) is 0.600. The predicted molar refractivity (Wildman–Crippen MR) is 46.9 cm³/mol. The van der Waals surface area contributed by atoms with Gasteiger partial charge in [-0.2, -0.15) is 0 Å². The molecule has 0 saturated heterocycles. The molecular weight excluding hydrogens is 168 g/mol. The Balaban J connectivity index is 2.38. The molecule has 1 fully saturated rings. The van der Waals surface area contributed by atoms with Crippen LogP contribution in [0.15, 0.2) is 0 Å². The van der Waals surface area contributed by atoms with Crippen LogP contribution in [0.3, 0.4) is 0 Å². The Kier molecular flexibility index (Phi) is 3.51. The summed E-state index contributed by atoms with van der Waals surface area (Å²) in [6.07, 6.45) is 3.57. The quantitative estimate of drug-likeness (QED) is 0.485. The molecule has 1 aliphatic carbocycles. The molecule has 0 aliphatic heterocycles. The standard InChI is InChI=1S/C10H12O3/c11-7-1-2-8-3-5-9(6-4-8)10(12)13/h7-9H,3-6H2,(H,12,13). The molecule has 0 bridgehead atoms. The van der Waals surface area contributed by atoms with E-state index in [4.69, 9.17) is 5.11 Å². The van der Waals surface area contributed by atoms with Gasteiger partial charge in [-0.25, -0.2) is 0 Å². The number of carboxylic acid groups (broad SMARTS) is 1. The van der Waals surface area contributed by atoms with Crippen LogP contribution in [0.4, 0.5) is 0 Å². The van der Waals surface area contributed by atoms with Gasteiger partial charge in [0, 0.05) is 5.92 Å². The SMILES string of the molecule is O=CC#CC1CCC(C(=O)O)CC1. The van der Waals surface area contributed by atoms with Gasteiger partial charge >= 0.3 is 5.97 Å². The van der Waals surface area contributed by atoms with Crippen molar-refractivity contribution in [1.29, 1.82) is 0 Å². The monoisotopic (exact) mass is 180 g/mol. The van der Waals surface area contributed by atoms with E-state index in [0.29, 0.717) is 19.1 Å². The van der Waals surface area contributed by atoms with Gasteiger partial charge in [0.05, 0.1) is 5.92 Å². The van der Waals surface area contributed by atoms with Crippen molar-refractivity contribution >= 4 is 12.3 Å². The molecule has 0 unspecified atom stereocenters. The Hall–Kier alpha value is -1.30. The number of carbonyl (C=O) groups is 2. The molecule has 3 nitrogen and oxygen atoms in total. The highest BCUT2D eigenvalue weighted by Crippen LogP contribution is 2.28. The van der Waals surface area contributed by atoms with E-state index < -0.39 is 5.97 Å². The third-order valence-corrected chi connectivity index (χ3v) is 2.42. The lowest BCUT2D eigenvalue weighted by molar-refractivity contribution is -0.142. The van der Waals surface area contributed by atoms with Crippen LogP contribution in [-0.2, 0) is 9.59 Å². The zero-order chi connectivity index (χ0) is 9.68. The molecule has 3 heteroatoms. The van der Waals surface area contributed by atoms with Crippen LogP contribution >= 0.6 is 0 Å². The minimum Gasteiger partial charge on any atom is -0.481 e. The number of carboxylic acids is 1. The molecule has 1 rings (SSSR count). The molecule has 1 saturated carbocycles. The molecule has 0 amide bonds. The first kappa shape index (κ1) is 9.79. The highest BCUT2D eigenvalue weighted by Gasteiger charge is 2.24. The van der Waals surface area contributed by atoms with E-state index in [1.54, 1.807) is 0 Å². The van der Waals surface area contributed by atoms with E-state index in [-0.39, 0.29) is 11.8 Å². The topological polar surface area (TPSA) is 54.4 Å². The molecule has 0 aromatic heterocycles. The summed E-state index contributed by atoms with van der Waals surface area (Å²) < 4.78 is 0. The van der Waals surface area contributed by atoms with E-state index in [1.807, 2.05) is 0 Å². The van der Waals surface area contributed by atoms with Crippen molar-refractivity contribution in [3.8, 4) is 11.8 Å². The van der Waals surface area contributed by atoms with Gasteiger partial charge in [0.15, 0.2) is 6.29 Å². The Labute approximate surface area is 77.1 Å². The third kappa shape index (κ3) is 2.90. The summed E-state index contributed by atoms with van der Waals surface area (Å²) >= 11 is 0. The van der Waals surface area contributed by atoms with E-state index in [0.717, 1.165) is 12.8 Å². The predicted octanol–water partition coefficient (Wildman–Crippen LogP) is 1.08. The molecule has 1 N–H and O–H groups in total. The zero-order valence-electron chi connectivity index (χ0n) is 7.32. The lowest BCUT2D eigenvalue weighted by atomic mass is 9.82. The van der Waals surface area contributed by atoms with Crippen LogP contribution in [0.2, 0.25) is 0 Å². The van der Waals surface area contributed by atoms with Gasteiger partial charge in [0.2, 0.25) is 0 Å². The normalized spacial score (nSPS) is 27.1. The summed E-state index contributed by atoms with van der Waals surface area (Å²) in [5, 5.41) is 8.71. The summed E-state index contributed by atoms with van der Waals surface area (Å²) in [5.74, 6) is 4.52. The van der Waals surface area contributed by atoms with E-state index >= 15 is 0 Å². The molecule has 0 aromatic carbocycles. The fourth-order valence-electron chi connectivity index (χ4n) is 1.64. The minimum absolute atomic E-state index is 0.200. The smallest absolute Gasteiger partial charge is 0.306 e. The van der Waals surface area contributed by atoms with Crippen LogP contribution in [0.5, 0.6) is 0 Å². The third-order valence-electron chi connectivity index (χ3n) is 2.42. The maximum Gasteiger partial charge on any atom is 0.306 e. The van der Waals surface area contributed by atoms with Gasteiger partial charge < -0.3 is 5.11 Å². The zero-order valence-corrected chi connectivity index (χ0v) is 7.32. The number of carbonyl (C=O) groups excluding carboxylic acids is 1. The Morgan fingerprint density at radius 2 is 1.92 bits per heavy atom. The van der Waals surface area contributed by atoms with Crippen molar-refractivity contribution < 1.29 is 14.7 Å². The maximum atomic E-state index is 10.6. The average molecular weight is 180 g/mol. The molecular formula is C10H12O3. The minimum atomic E-state index is -0.707. The Morgan fingerprint density at radius 1 is 1.31 bits per heavy atom. The highest BCUT2D eigenvalue weighted by atomic mass is 16.4. The van der Waals surface area contributed by atoms with Gasteiger partial charge in [-0.15, -0.1) is 0 Å². The fourth-order valence-corrected chi connectivity index (χ4v) is 1.64.